The molecule has 112 valence electrons. The van der Waals surface area contributed by atoms with E-state index in [1.807, 2.05) is 0 Å². The molecule has 0 radical (unpaired) electrons. The van der Waals surface area contributed by atoms with Crippen molar-refractivity contribution >= 4 is 12.0 Å². The molecule has 0 aliphatic heterocycles. The molecule has 2 amide bonds. The number of methoxy groups -OCH3 is 2. The van der Waals surface area contributed by atoms with Gasteiger partial charge in [0, 0.05) is 46.9 Å². The highest BCUT2D eigenvalue weighted by Crippen LogP contribution is 1.95. The summed E-state index contributed by atoms with van der Waals surface area (Å²) in [5.74, 6) is -0.856. The van der Waals surface area contributed by atoms with E-state index >= 15 is 0 Å². The second-order valence-corrected chi connectivity index (χ2v) is 4.06. The van der Waals surface area contributed by atoms with Gasteiger partial charge in [0.05, 0.1) is 6.61 Å². The van der Waals surface area contributed by atoms with Crippen LogP contribution in [0.4, 0.5) is 4.79 Å². The Kier molecular flexibility index (Phi) is 10.9. The van der Waals surface area contributed by atoms with Gasteiger partial charge in [-0.05, 0) is 12.8 Å². The number of aliphatic carboxylic acids is 1. The summed E-state index contributed by atoms with van der Waals surface area (Å²) in [7, 11) is 3.20. The summed E-state index contributed by atoms with van der Waals surface area (Å²) in [6.45, 7) is 2.51. The van der Waals surface area contributed by atoms with Crippen molar-refractivity contribution in [2.45, 2.75) is 19.3 Å². The van der Waals surface area contributed by atoms with Crippen molar-refractivity contribution < 1.29 is 24.2 Å². The Bertz CT molecular complexity index is 261. The molecule has 0 unspecified atom stereocenters. The van der Waals surface area contributed by atoms with E-state index in [0.29, 0.717) is 39.3 Å². The van der Waals surface area contributed by atoms with Crippen LogP contribution in [0.2, 0.25) is 0 Å². The molecule has 19 heavy (non-hydrogen) atoms. The Morgan fingerprint density at radius 1 is 1.11 bits per heavy atom. The van der Waals surface area contributed by atoms with Gasteiger partial charge in [-0.25, -0.2) is 4.79 Å². The van der Waals surface area contributed by atoms with E-state index in [0.717, 1.165) is 6.42 Å². The van der Waals surface area contributed by atoms with Crippen molar-refractivity contribution in [2.24, 2.45) is 0 Å². The van der Waals surface area contributed by atoms with Crippen LogP contribution in [0.15, 0.2) is 0 Å². The third-order valence-electron chi connectivity index (χ3n) is 2.47. The summed E-state index contributed by atoms with van der Waals surface area (Å²) in [5.41, 5.74) is 0. The minimum Gasteiger partial charge on any atom is -0.481 e. The van der Waals surface area contributed by atoms with Crippen LogP contribution in [0.3, 0.4) is 0 Å². The fourth-order valence-corrected chi connectivity index (χ4v) is 1.46. The van der Waals surface area contributed by atoms with E-state index in [2.05, 4.69) is 5.32 Å². The highest BCUT2D eigenvalue weighted by molar-refractivity contribution is 5.74. The lowest BCUT2D eigenvalue weighted by Crippen LogP contribution is -2.42. The third kappa shape index (κ3) is 10.3. The summed E-state index contributed by atoms with van der Waals surface area (Å²) in [6, 6.07) is -0.196. The molecule has 2 N–H and O–H groups in total. The predicted molar refractivity (Wildman–Crippen MR) is 70.2 cm³/mol. The largest absolute Gasteiger partial charge is 0.481 e. The third-order valence-corrected chi connectivity index (χ3v) is 2.47. The van der Waals surface area contributed by atoms with Gasteiger partial charge in [-0.15, -0.1) is 0 Å². The van der Waals surface area contributed by atoms with Gasteiger partial charge in [0.15, 0.2) is 0 Å². The standard InChI is InChI=1S/C12H24N2O5/c1-18-9-4-7-14(8-10-19-2)12(17)13-6-3-5-11(15)16/h3-10H2,1-2H3,(H,13,17)(H,15,16). The van der Waals surface area contributed by atoms with Gasteiger partial charge in [-0.3, -0.25) is 4.79 Å². The maximum Gasteiger partial charge on any atom is 0.317 e. The van der Waals surface area contributed by atoms with Crippen molar-refractivity contribution in [1.29, 1.82) is 0 Å². The first-order chi connectivity index (χ1) is 9.11. The maximum atomic E-state index is 11.9. The Balaban J connectivity index is 3.95. The predicted octanol–water partition coefficient (Wildman–Crippen LogP) is 0.546. The van der Waals surface area contributed by atoms with Gasteiger partial charge in [0.25, 0.3) is 0 Å². The summed E-state index contributed by atoms with van der Waals surface area (Å²) < 4.78 is 9.90. The van der Waals surface area contributed by atoms with Crippen LogP contribution in [-0.4, -0.2) is 69.1 Å². The first-order valence-electron chi connectivity index (χ1n) is 6.34. The Morgan fingerprint density at radius 2 is 1.79 bits per heavy atom. The number of hydrogen-bond donors (Lipinski definition) is 2. The zero-order valence-electron chi connectivity index (χ0n) is 11.7. The van der Waals surface area contributed by atoms with Gasteiger partial charge in [-0.1, -0.05) is 0 Å². The average Bonchev–Trinajstić information content (AvgIpc) is 2.38. The molecule has 0 saturated heterocycles. The number of ether oxygens (including phenoxy) is 2. The first kappa shape index (κ1) is 17.7. The molecular weight excluding hydrogens is 252 g/mol. The SMILES string of the molecule is COCCCN(CCOC)C(=O)NCCCC(=O)O. The molecule has 0 spiro atoms. The molecule has 7 heteroatoms. The van der Waals surface area contributed by atoms with Gasteiger partial charge in [-0.2, -0.15) is 0 Å². The Labute approximate surface area is 113 Å². The van der Waals surface area contributed by atoms with E-state index in [4.69, 9.17) is 14.6 Å². The molecule has 0 bridgehead atoms. The average molecular weight is 276 g/mol. The number of carbonyl (C=O) groups excluding carboxylic acids is 1. The van der Waals surface area contributed by atoms with Crippen molar-refractivity contribution in [3.8, 4) is 0 Å². The molecule has 0 aromatic carbocycles. The van der Waals surface area contributed by atoms with E-state index in [-0.39, 0.29) is 12.5 Å². The van der Waals surface area contributed by atoms with E-state index in [9.17, 15) is 9.59 Å². The topological polar surface area (TPSA) is 88.1 Å². The second-order valence-electron chi connectivity index (χ2n) is 4.06. The zero-order valence-corrected chi connectivity index (χ0v) is 11.7. The van der Waals surface area contributed by atoms with Crippen LogP contribution < -0.4 is 5.32 Å². The van der Waals surface area contributed by atoms with Gasteiger partial charge in [0.1, 0.15) is 0 Å². The smallest absolute Gasteiger partial charge is 0.317 e. The molecule has 7 nitrogen and oxygen atoms in total. The summed E-state index contributed by atoms with van der Waals surface area (Å²) >= 11 is 0. The number of hydrogen-bond acceptors (Lipinski definition) is 4. The number of carbonyl (C=O) groups is 2. The van der Waals surface area contributed by atoms with Crippen LogP contribution in [0.1, 0.15) is 19.3 Å². The van der Waals surface area contributed by atoms with Gasteiger partial charge < -0.3 is 24.8 Å². The summed E-state index contributed by atoms with van der Waals surface area (Å²) in [4.78, 5) is 23.8. The molecule has 0 heterocycles. The number of nitrogens with zero attached hydrogens (tertiary/aromatic N) is 1. The lowest BCUT2D eigenvalue weighted by Gasteiger charge is -2.22. The Hall–Kier alpha value is -1.34. The van der Waals surface area contributed by atoms with Crippen molar-refractivity contribution in [1.82, 2.24) is 10.2 Å². The quantitative estimate of drug-likeness (QED) is 0.538. The first-order valence-corrected chi connectivity index (χ1v) is 6.34. The molecule has 0 aromatic rings. The van der Waals surface area contributed by atoms with Gasteiger partial charge >= 0.3 is 12.0 Å². The monoisotopic (exact) mass is 276 g/mol. The van der Waals surface area contributed by atoms with E-state index in [1.165, 1.54) is 0 Å². The molecule has 0 fully saturated rings. The lowest BCUT2D eigenvalue weighted by atomic mass is 10.3. The normalized spacial score (nSPS) is 10.2. The van der Waals surface area contributed by atoms with Gasteiger partial charge in [0.2, 0.25) is 0 Å². The Morgan fingerprint density at radius 3 is 2.37 bits per heavy atom. The molecule has 0 aliphatic carbocycles. The van der Waals surface area contributed by atoms with Crippen LogP contribution in [0.5, 0.6) is 0 Å². The second kappa shape index (κ2) is 11.7. The van der Waals surface area contributed by atoms with Crippen LogP contribution >= 0.6 is 0 Å². The molecular formula is C12H24N2O5. The fourth-order valence-electron chi connectivity index (χ4n) is 1.46. The molecule has 0 atom stereocenters. The number of urea groups is 1. The fraction of sp³-hybridized carbons (Fsp3) is 0.833. The molecule has 0 aliphatic rings. The number of amides is 2. The maximum absolute atomic E-state index is 11.9. The van der Waals surface area contributed by atoms with Crippen LogP contribution in [0, 0.1) is 0 Å². The minimum atomic E-state index is -0.856. The number of carboxylic acid groups (broad SMARTS) is 1. The lowest BCUT2D eigenvalue weighted by molar-refractivity contribution is -0.137. The van der Waals surface area contributed by atoms with Crippen LogP contribution in [-0.2, 0) is 14.3 Å². The number of nitrogens with one attached hydrogen (secondary N) is 1. The number of carboxylic acids is 1. The van der Waals surface area contributed by atoms with Crippen molar-refractivity contribution in [3.63, 3.8) is 0 Å². The zero-order chi connectivity index (χ0) is 14.5. The van der Waals surface area contributed by atoms with Crippen molar-refractivity contribution in [2.75, 3.05) is 47.1 Å². The minimum absolute atomic E-state index is 0.0576. The molecule has 0 aromatic heterocycles. The highest BCUT2D eigenvalue weighted by Gasteiger charge is 2.12. The number of rotatable bonds is 11. The van der Waals surface area contributed by atoms with Crippen LogP contribution in [0.25, 0.3) is 0 Å². The van der Waals surface area contributed by atoms with E-state index < -0.39 is 5.97 Å². The molecule has 0 rings (SSSR count). The summed E-state index contributed by atoms with van der Waals surface area (Å²) in [6.07, 6.45) is 1.24. The van der Waals surface area contributed by atoms with Crippen molar-refractivity contribution in [3.05, 3.63) is 0 Å². The van der Waals surface area contributed by atoms with E-state index in [1.54, 1.807) is 19.1 Å². The summed E-state index contributed by atoms with van der Waals surface area (Å²) in [5, 5.41) is 11.2. The molecule has 0 saturated carbocycles. The highest BCUT2D eigenvalue weighted by atomic mass is 16.5.